The van der Waals surface area contributed by atoms with E-state index in [0.717, 1.165) is 18.8 Å². The summed E-state index contributed by atoms with van der Waals surface area (Å²) in [4.78, 5) is 0. The van der Waals surface area contributed by atoms with Crippen LogP contribution in [0.5, 0.6) is 0 Å². The van der Waals surface area contributed by atoms with Gasteiger partial charge in [0.2, 0.25) is 0 Å². The highest BCUT2D eigenvalue weighted by Gasteiger charge is 2.50. The number of hydrogen-bond acceptors (Lipinski definition) is 2. The molecule has 0 aromatic heterocycles. The average molecular weight is 248 g/mol. The normalized spacial score (nSPS) is 35.5. The van der Waals surface area contributed by atoms with Crippen molar-refractivity contribution >= 4 is 0 Å². The lowest BCUT2D eigenvalue weighted by molar-refractivity contribution is 0.222. The molecule has 0 aromatic rings. The monoisotopic (exact) mass is 248 g/mol. The van der Waals surface area contributed by atoms with Crippen LogP contribution in [0.2, 0.25) is 0 Å². The zero-order valence-electron chi connectivity index (χ0n) is 11.9. The van der Waals surface area contributed by atoms with Crippen molar-refractivity contribution in [2.24, 2.45) is 11.3 Å². The fourth-order valence-electron chi connectivity index (χ4n) is 2.52. The Labute approximate surface area is 110 Å². The molecule has 2 heteroatoms. The highest BCUT2D eigenvalue weighted by atomic mass is 16.6. The van der Waals surface area contributed by atoms with Crippen LogP contribution in [0.4, 0.5) is 0 Å². The van der Waals surface area contributed by atoms with Gasteiger partial charge in [-0.15, -0.1) is 0 Å². The summed E-state index contributed by atoms with van der Waals surface area (Å²) in [5.41, 5.74) is 1.23. The van der Waals surface area contributed by atoms with Crippen molar-refractivity contribution in [3.05, 3.63) is 11.6 Å². The summed E-state index contributed by atoms with van der Waals surface area (Å²) in [5.74, 6) is 7.16. The van der Waals surface area contributed by atoms with E-state index in [0.29, 0.717) is 5.41 Å². The van der Waals surface area contributed by atoms with Crippen molar-refractivity contribution in [1.29, 1.82) is 0 Å². The fraction of sp³-hybridized carbons (Fsp3) is 0.750. The SMILES string of the molecule is CC(C)(C)C1CC=C(C#C[C@]2(C)O[C@@H]2CO)CC1. The van der Waals surface area contributed by atoms with Gasteiger partial charge in [-0.3, -0.25) is 0 Å². The van der Waals surface area contributed by atoms with Crippen molar-refractivity contribution in [1.82, 2.24) is 0 Å². The molecule has 1 unspecified atom stereocenters. The summed E-state index contributed by atoms with van der Waals surface area (Å²) in [7, 11) is 0. The van der Waals surface area contributed by atoms with Crippen molar-refractivity contribution in [2.75, 3.05) is 6.61 Å². The molecule has 100 valence electrons. The maximum Gasteiger partial charge on any atom is 0.155 e. The Bertz CT molecular complexity index is 405. The predicted molar refractivity (Wildman–Crippen MR) is 73.0 cm³/mol. The van der Waals surface area contributed by atoms with Gasteiger partial charge in [0, 0.05) is 0 Å². The van der Waals surface area contributed by atoms with Gasteiger partial charge >= 0.3 is 0 Å². The minimum absolute atomic E-state index is 0.0658. The lowest BCUT2D eigenvalue weighted by Gasteiger charge is -2.32. The number of allylic oxidation sites excluding steroid dienone is 2. The summed E-state index contributed by atoms with van der Waals surface area (Å²) in [6.07, 6.45) is 5.64. The first-order valence-electron chi connectivity index (χ1n) is 6.86. The second kappa shape index (κ2) is 4.72. The molecule has 0 aromatic carbocycles. The van der Waals surface area contributed by atoms with Crippen LogP contribution in [0.1, 0.15) is 47.0 Å². The van der Waals surface area contributed by atoms with E-state index in [1.165, 1.54) is 12.0 Å². The van der Waals surface area contributed by atoms with E-state index >= 15 is 0 Å². The molecule has 0 spiro atoms. The Kier molecular flexibility index (Phi) is 3.58. The summed E-state index contributed by atoms with van der Waals surface area (Å²) < 4.78 is 5.37. The van der Waals surface area contributed by atoms with Gasteiger partial charge in [-0.05, 0) is 43.1 Å². The van der Waals surface area contributed by atoms with E-state index in [9.17, 15) is 0 Å². The number of rotatable bonds is 1. The van der Waals surface area contributed by atoms with E-state index in [1.807, 2.05) is 6.92 Å². The standard InChI is InChI=1S/C16H24O2/c1-15(2,3)13-7-5-12(6-8-13)9-10-16(4)14(11-17)18-16/h5,13-14,17H,6-8,11H2,1-4H3/t13?,14-,16+/m1/s1. The Morgan fingerprint density at radius 1 is 1.50 bits per heavy atom. The third-order valence-corrected chi connectivity index (χ3v) is 4.22. The van der Waals surface area contributed by atoms with Crippen LogP contribution in [0.3, 0.4) is 0 Å². The largest absolute Gasteiger partial charge is 0.394 e. The van der Waals surface area contributed by atoms with Gasteiger partial charge in [-0.2, -0.15) is 0 Å². The van der Waals surface area contributed by atoms with Gasteiger partial charge in [-0.25, -0.2) is 0 Å². The third-order valence-electron chi connectivity index (χ3n) is 4.22. The molecular formula is C16H24O2. The van der Waals surface area contributed by atoms with Gasteiger partial charge in [-0.1, -0.05) is 38.7 Å². The number of aliphatic hydroxyl groups is 1. The van der Waals surface area contributed by atoms with Crippen molar-refractivity contribution in [2.45, 2.75) is 58.7 Å². The van der Waals surface area contributed by atoms with Crippen molar-refractivity contribution in [3.63, 3.8) is 0 Å². The van der Waals surface area contributed by atoms with Gasteiger partial charge in [0.25, 0.3) is 0 Å². The van der Waals surface area contributed by atoms with E-state index < -0.39 is 5.60 Å². The van der Waals surface area contributed by atoms with Crippen LogP contribution in [-0.4, -0.2) is 23.4 Å². The minimum atomic E-state index is -0.406. The molecule has 0 bridgehead atoms. The van der Waals surface area contributed by atoms with Gasteiger partial charge in [0.05, 0.1) is 6.61 Å². The molecule has 2 nitrogen and oxygen atoms in total. The molecule has 2 rings (SSSR count). The number of hydrogen-bond donors (Lipinski definition) is 1. The van der Waals surface area contributed by atoms with Crippen LogP contribution < -0.4 is 0 Å². The van der Waals surface area contributed by atoms with Gasteiger partial charge in [0.1, 0.15) is 6.10 Å². The molecule has 1 fully saturated rings. The summed E-state index contributed by atoms with van der Waals surface area (Å²) in [5, 5.41) is 9.00. The zero-order chi connectivity index (χ0) is 13.4. The highest BCUT2D eigenvalue weighted by Crippen LogP contribution is 2.38. The first-order valence-corrected chi connectivity index (χ1v) is 6.86. The maximum absolute atomic E-state index is 9.00. The zero-order valence-corrected chi connectivity index (χ0v) is 11.9. The molecule has 18 heavy (non-hydrogen) atoms. The smallest absolute Gasteiger partial charge is 0.155 e. The van der Waals surface area contributed by atoms with Crippen LogP contribution in [0.15, 0.2) is 11.6 Å². The molecule has 0 radical (unpaired) electrons. The Morgan fingerprint density at radius 2 is 2.22 bits per heavy atom. The molecule has 1 heterocycles. The lowest BCUT2D eigenvalue weighted by Crippen LogP contribution is -2.22. The van der Waals surface area contributed by atoms with E-state index in [1.54, 1.807) is 0 Å². The maximum atomic E-state index is 9.00. The highest BCUT2D eigenvalue weighted by molar-refractivity contribution is 5.36. The molecule has 0 saturated carbocycles. The molecule has 1 saturated heterocycles. The summed E-state index contributed by atoms with van der Waals surface area (Å²) >= 11 is 0. The molecule has 1 aliphatic heterocycles. The number of ether oxygens (including phenoxy) is 1. The Morgan fingerprint density at radius 3 is 2.67 bits per heavy atom. The molecular weight excluding hydrogens is 224 g/mol. The van der Waals surface area contributed by atoms with E-state index in [2.05, 4.69) is 38.7 Å². The van der Waals surface area contributed by atoms with E-state index in [-0.39, 0.29) is 12.7 Å². The van der Waals surface area contributed by atoms with Gasteiger partial charge in [0.15, 0.2) is 5.60 Å². The van der Waals surface area contributed by atoms with E-state index in [4.69, 9.17) is 9.84 Å². The van der Waals surface area contributed by atoms with Crippen LogP contribution in [-0.2, 0) is 4.74 Å². The first-order chi connectivity index (χ1) is 8.35. The van der Waals surface area contributed by atoms with Gasteiger partial charge < -0.3 is 9.84 Å². The lowest BCUT2D eigenvalue weighted by atomic mass is 9.73. The van der Waals surface area contributed by atoms with Crippen LogP contribution in [0.25, 0.3) is 0 Å². The average Bonchev–Trinajstić information content (AvgIpc) is 2.98. The topological polar surface area (TPSA) is 32.8 Å². The Balaban J connectivity index is 1.94. The predicted octanol–water partition coefficient (Wildman–Crippen LogP) is 2.91. The quantitative estimate of drug-likeness (QED) is 0.571. The molecule has 1 aliphatic carbocycles. The molecule has 2 aliphatic rings. The Hall–Kier alpha value is -0.780. The fourth-order valence-corrected chi connectivity index (χ4v) is 2.52. The van der Waals surface area contributed by atoms with Crippen molar-refractivity contribution in [3.8, 4) is 11.8 Å². The second-order valence-electron chi connectivity index (χ2n) is 6.71. The summed E-state index contributed by atoms with van der Waals surface area (Å²) in [6, 6.07) is 0. The van der Waals surface area contributed by atoms with Crippen LogP contribution in [0, 0.1) is 23.2 Å². The first kappa shape index (κ1) is 13.6. The second-order valence-corrected chi connectivity index (χ2v) is 6.71. The molecule has 3 atom stereocenters. The molecule has 1 N–H and O–H groups in total. The number of aliphatic hydroxyl groups excluding tert-OH is 1. The van der Waals surface area contributed by atoms with Crippen molar-refractivity contribution < 1.29 is 9.84 Å². The molecule has 0 amide bonds. The minimum Gasteiger partial charge on any atom is -0.394 e. The van der Waals surface area contributed by atoms with Crippen LogP contribution >= 0.6 is 0 Å². The summed E-state index contributed by atoms with van der Waals surface area (Å²) in [6.45, 7) is 8.95. The number of epoxide rings is 1. The third kappa shape index (κ3) is 2.96.